The minimum absolute atomic E-state index is 0.166. The molecule has 0 saturated carbocycles. The van der Waals surface area contributed by atoms with E-state index in [0.717, 1.165) is 0 Å². The highest BCUT2D eigenvalue weighted by Gasteiger charge is 1.91. The van der Waals surface area contributed by atoms with Crippen LogP contribution in [0, 0.1) is 0 Å². The number of nitrogen functional groups attached to an aromatic ring is 1. The molecule has 5 heteroatoms. The number of hydrogen-bond donors (Lipinski definition) is 1. The van der Waals surface area contributed by atoms with Gasteiger partial charge < -0.3 is 15.6 Å². The lowest BCUT2D eigenvalue weighted by molar-refractivity contribution is -0.251. The Morgan fingerprint density at radius 2 is 2.56 bits per heavy atom. The Bertz CT molecular complexity index is 229. The molecule has 0 amide bonds. The van der Waals surface area contributed by atoms with Gasteiger partial charge in [-0.25, -0.2) is 4.68 Å². The quantitative estimate of drug-likeness (QED) is 0.466. The molecular weight excluding hydrogens is 122 g/mol. The fourth-order valence-corrected chi connectivity index (χ4v) is 0.440. The highest BCUT2D eigenvalue weighted by Crippen LogP contribution is 1.92. The van der Waals surface area contributed by atoms with Gasteiger partial charge in [0.1, 0.15) is 5.82 Å². The van der Waals surface area contributed by atoms with Crippen LogP contribution in [0.5, 0.6) is 0 Å². The molecule has 0 aliphatic rings. The van der Waals surface area contributed by atoms with E-state index in [4.69, 9.17) is 5.73 Å². The third-order valence-electron chi connectivity index (χ3n) is 0.797. The zero-order valence-corrected chi connectivity index (χ0v) is 4.44. The molecule has 0 aromatic carbocycles. The van der Waals surface area contributed by atoms with Crippen molar-refractivity contribution < 1.29 is 9.90 Å². The van der Waals surface area contributed by atoms with Crippen molar-refractivity contribution in [2.24, 2.45) is 0 Å². The molecule has 1 rings (SSSR count). The van der Waals surface area contributed by atoms with Crippen molar-refractivity contribution in [3.8, 4) is 0 Å². The molecule has 0 aliphatic heterocycles. The monoisotopic (exact) mass is 126 g/mol. The summed E-state index contributed by atoms with van der Waals surface area (Å²) in [6.45, 7) is 0. The van der Waals surface area contributed by atoms with Crippen LogP contribution >= 0.6 is 0 Å². The van der Waals surface area contributed by atoms with Crippen LogP contribution in [0.1, 0.15) is 0 Å². The topological polar surface area (TPSA) is 84.0 Å². The number of hydrogen-bond acceptors (Lipinski definition) is 4. The number of carbonyl (C=O) groups excluding carboxylic acids is 1. The van der Waals surface area contributed by atoms with E-state index < -0.39 is 6.09 Å². The standard InChI is InChI=1S/C4H5N3O2/c5-3-1-2-7(6-3)4(8)9/h1-2H,(H2,5,6)(H,8,9)/p-1. The summed E-state index contributed by atoms with van der Waals surface area (Å²) >= 11 is 0. The number of anilines is 1. The van der Waals surface area contributed by atoms with Crippen molar-refractivity contribution in [3.05, 3.63) is 12.3 Å². The van der Waals surface area contributed by atoms with E-state index in [9.17, 15) is 9.90 Å². The fourth-order valence-electron chi connectivity index (χ4n) is 0.440. The van der Waals surface area contributed by atoms with Gasteiger partial charge in [-0.2, -0.15) is 0 Å². The van der Waals surface area contributed by atoms with Gasteiger partial charge in [0.25, 0.3) is 0 Å². The zero-order chi connectivity index (χ0) is 6.85. The van der Waals surface area contributed by atoms with Gasteiger partial charge in [0.2, 0.25) is 0 Å². The van der Waals surface area contributed by atoms with Crippen molar-refractivity contribution in [1.29, 1.82) is 0 Å². The van der Waals surface area contributed by atoms with Crippen molar-refractivity contribution in [1.82, 2.24) is 9.78 Å². The van der Waals surface area contributed by atoms with Crippen LogP contribution in [0.3, 0.4) is 0 Å². The van der Waals surface area contributed by atoms with Crippen molar-refractivity contribution in [3.63, 3.8) is 0 Å². The Balaban J connectivity index is 2.98. The summed E-state index contributed by atoms with van der Waals surface area (Å²) in [4.78, 5) is 9.95. The summed E-state index contributed by atoms with van der Waals surface area (Å²) < 4.78 is 0.634. The van der Waals surface area contributed by atoms with E-state index >= 15 is 0 Å². The van der Waals surface area contributed by atoms with Gasteiger partial charge in [-0.05, 0) is 0 Å². The number of aromatic nitrogens is 2. The molecule has 0 aliphatic carbocycles. The second kappa shape index (κ2) is 1.77. The van der Waals surface area contributed by atoms with E-state index in [-0.39, 0.29) is 5.82 Å². The minimum atomic E-state index is -1.38. The molecule has 5 nitrogen and oxygen atoms in total. The van der Waals surface area contributed by atoms with E-state index in [1.807, 2.05) is 0 Å². The Morgan fingerprint density at radius 1 is 1.89 bits per heavy atom. The Labute approximate surface area is 50.7 Å². The second-order valence-corrected chi connectivity index (χ2v) is 1.45. The van der Waals surface area contributed by atoms with Crippen LogP contribution in [0.4, 0.5) is 10.6 Å². The molecule has 0 bridgehead atoms. The highest BCUT2D eigenvalue weighted by molar-refractivity contribution is 5.64. The molecule has 1 heterocycles. The van der Waals surface area contributed by atoms with E-state index in [1.54, 1.807) is 0 Å². The van der Waals surface area contributed by atoms with E-state index in [0.29, 0.717) is 4.68 Å². The summed E-state index contributed by atoms with van der Waals surface area (Å²) in [5.74, 6) is 0.166. The number of nitrogens with two attached hydrogens (primary N) is 1. The average molecular weight is 126 g/mol. The average Bonchev–Trinajstić information content (AvgIpc) is 2.14. The third-order valence-corrected chi connectivity index (χ3v) is 0.797. The lowest BCUT2D eigenvalue weighted by Gasteiger charge is -1.97. The van der Waals surface area contributed by atoms with Crippen molar-refractivity contribution in [2.45, 2.75) is 0 Å². The van der Waals surface area contributed by atoms with Gasteiger partial charge in [-0.15, -0.1) is 5.10 Å². The Morgan fingerprint density at radius 3 is 2.78 bits per heavy atom. The van der Waals surface area contributed by atoms with Gasteiger partial charge in [-0.3, -0.25) is 0 Å². The van der Waals surface area contributed by atoms with Crippen LogP contribution in [-0.4, -0.2) is 15.9 Å². The third kappa shape index (κ3) is 0.987. The highest BCUT2D eigenvalue weighted by atomic mass is 16.4. The molecule has 1 aromatic heterocycles. The maximum absolute atomic E-state index is 9.95. The molecule has 1 aromatic rings. The maximum Gasteiger partial charge on any atom is 0.163 e. The number of carbonyl (C=O) groups is 1. The molecule has 0 fully saturated rings. The normalized spacial score (nSPS) is 9.33. The fraction of sp³-hybridized carbons (Fsp3) is 0. The van der Waals surface area contributed by atoms with Gasteiger partial charge in [0.15, 0.2) is 6.09 Å². The number of carboxylic acid groups (broad SMARTS) is 1. The molecule has 48 valence electrons. The van der Waals surface area contributed by atoms with E-state index in [2.05, 4.69) is 5.10 Å². The summed E-state index contributed by atoms with van der Waals surface area (Å²) in [7, 11) is 0. The zero-order valence-electron chi connectivity index (χ0n) is 4.44. The predicted molar refractivity (Wildman–Crippen MR) is 27.4 cm³/mol. The maximum atomic E-state index is 9.95. The summed E-state index contributed by atoms with van der Waals surface area (Å²) in [6, 6.07) is 1.37. The first-order chi connectivity index (χ1) is 4.20. The molecule has 0 spiro atoms. The van der Waals surface area contributed by atoms with Crippen LogP contribution in [0.25, 0.3) is 0 Å². The van der Waals surface area contributed by atoms with Gasteiger partial charge >= 0.3 is 0 Å². The summed E-state index contributed by atoms with van der Waals surface area (Å²) in [5.41, 5.74) is 5.09. The lowest BCUT2D eigenvalue weighted by atomic mass is 10.7. The number of rotatable bonds is 0. The van der Waals surface area contributed by atoms with E-state index in [1.165, 1.54) is 12.3 Å². The molecule has 0 unspecified atom stereocenters. The summed E-state index contributed by atoms with van der Waals surface area (Å²) in [5, 5.41) is 13.3. The summed E-state index contributed by atoms with van der Waals surface area (Å²) in [6.07, 6.45) is -0.170. The number of nitrogens with zero attached hydrogens (tertiary/aromatic N) is 2. The van der Waals surface area contributed by atoms with Crippen molar-refractivity contribution >= 4 is 11.9 Å². The van der Waals surface area contributed by atoms with Gasteiger partial charge in [0, 0.05) is 12.3 Å². The molecule has 9 heavy (non-hydrogen) atoms. The second-order valence-electron chi connectivity index (χ2n) is 1.45. The van der Waals surface area contributed by atoms with Crippen LogP contribution in [-0.2, 0) is 0 Å². The molecule has 0 saturated heterocycles. The van der Waals surface area contributed by atoms with Crippen LogP contribution in [0.15, 0.2) is 12.3 Å². The molecular formula is C4H4N3O2-. The first kappa shape index (κ1) is 5.61. The first-order valence-electron chi connectivity index (χ1n) is 2.22. The smallest absolute Gasteiger partial charge is 0.163 e. The molecule has 0 atom stereocenters. The lowest BCUT2D eigenvalue weighted by Crippen LogP contribution is -2.29. The van der Waals surface area contributed by atoms with Crippen LogP contribution < -0.4 is 10.8 Å². The largest absolute Gasteiger partial charge is 0.528 e. The van der Waals surface area contributed by atoms with Crippen LogP contribution in [0.2, 0.25) is 0 Å². The van der Waals surface area contributed by atoms with Gasteiger partial charge in [0.05, 0.1) is 0 Å². The Kier molecular flexibility index (Phi) is 1.11. The SMILES string of the molecule is Nc1ccn(C(=O)[O-])n1. The predicted octanol–water partition coefficient (Wildman–Crippen LogP) is -1.34. The molecule has 2 N–H and O–H groups in total. The Hall–Kier alpha value is -1.52. The first-order valence-corrected chi connectivity index (χ1v) is 2.22. The molecule has 0 radical (unpaired) electrons. The minimum Gasteiger partial charge on any atom is -0.528 e. The van der Waals surface area contributed by atoms with Crippen molar-refractivity contribution in [2.75, 3.05) is 5.73 Å². The van der Waals surface area contributed by atoms with Gasteiger partial charge in [-0.1, -0.05) is 0 Å².